The van der Waals surface area contributed by atoms with Crippen LogP contribution in [0.1, 0.15) is 36.8 Å². The van der Waals surface area contributed by atoms with Gasteiger partial charge in [-0.15, -0.1) is 0 Å². The Morgan fingerprint density at radius 1 is 1.00 bits per heavy atom. The first-order chi connectivity index (χ1) is 12.8. The SMILES string of the molecule is COc1ccc(C2(c3ccccc3)CNCCO2)cc1OC1CCCC1. The van der Waals surface area contributed by atoms with Crippen molar-refractivity contribution in [3.05, 3.63) is 59.7 Å². The normalized spacial score (nSPS) is 23.7. The van der Waals surface area contributed by atoms with Crippen molar-refractivity contribution < 1.29 is 14.2 Å². The molecule has 4 nitrogen and oxygen atoms in total. The van der Waals surface area contributed by atoms with Crippen LogP contribution in [0.15, 0.2) is 48.5 Å². The van der Waals surface area contributed by atoms with Crippen LogP contribution in [0, 0.1) is 0 Å². The van der Waals surface area contributed by atoms with Gasteiger partial charge in [-0.05, 0) is 48.9 Å². The van der Waals surface area contributed by atoms with E-state index in [1.165, 1.54) is 12.8 Å². The molecule has 1 unspecified atom stereocenters. The minimum absolute atomic E-state index is 0.289. The van der Waals surface area contributed by atoms with Gasteiger partial charge in [0.2, 0.25) is 0 Å². The minimum atomic E-state index is -0.500. The number of benzene rings is 2. The molecule has 138 valence electrons. The second-order valence-corrected chi connectivity index (χ2v) is 7.11. The molecule has 2 aromatic carbocycles. The van der Waals surface area contributed by atoms with Gasteiger partial charge in [0, 0.05) is 13.1 Å². The van der Waals surface area contributed by atoms with E-state index in [4.69, 9.17) is 14.2 Å². The maximum absolute atomic E-state index is 6.38. The molecule has 1 N–H and O–H groups in total. The summed E-state index contributed by atoms with van der Waals surface area (Å²) < 4.78 is 18.2. The fourth-order valence-electron chi connectivity index (χ4n) is 4.06. The van der Waals surface area contributed by atoms with Crippen LogP contribution in [0.5, 0.6) is 11.5 Å². The molecule has 1 atom stereocenters. The Hall–Kier alpha value is -2.04. The predicted octanol–water partition coefficient (Wildman–Crippen LogP) is 3.88. The maximum atomic E-state index is 6.38. The van der Waals surface area contributed by atoms with E-state index in [0.717, 1.165) is 48.6 Å². The zero-order valence-electron chi connectivity index (χ0n) is 15.4. The summed E-state index contributed by atoms with van der Waals surface area (Å²) in [5, 5.41) is 3.50. The van der Waals surface area contributed by atoms with Gasteiger partial charge in [-0.3, -0.25) is 0 Å². The first-order valence-corrected chi connectivity index (χ1v) is 9.57. The molecular weight excluding hydrogens is 326 g/mol. The number of hydrogen-bond donors (Lipinski definition) is 1. The van der Waals surface area contributed by atoms with E-state index in [1.54, 1.807) is 7.11 Å². The molecule has 1 aliphatic carbocycles. The molecule has 0 amide bonds. The van der Waals surface area contributed by atoms with E-state index in [-0.39, 0.29) is 6.10 Å². The molecule has 4 rings (SSSR count). The van der Waals surface area contributed by atoms with Crippen molar-refractivity contribution in [2.75, 3.05) is 26.8 Å². The molecule has 0 spiro atoms. The number of ether oxygens (including phenoxy) is 3. The predicted molar refractivity (Wildman–Crippen MR) is 102 cm³/mol. The zero-order chi connectivity index (χ0) is 17.8. The third kappa shape index (κ3) is 3.31. The van der Waals surface area contributed by atoms with Crippen LogP contribution in [-0.4, -0.2) is 32.9 Å². The average Bonchev–Trinajstić information content (AvgIpc) is 3.22. The molecule has 2 fully saturated rings. The molecule has 1 aliphatic heterocycles. The lowest BCUT2D eigenvalue weighted by Crippen LogP contribution is -2.48. The van der Waals surface area contributed by atoms with E-state index in [2.05, 4.69) is 41.7 Å². The van der Waals surface area contributed by atoms with Gasteiger partial charge in [-0.2, -0.15) is 0 Å². The Balaban J connectivity index is 1.73. The third-order valence-corrected chi connectivity index (χ3v) is 5.47. The molecule has 0 bridgehead atoms. The number of rotatable bonds is 5. The van der Waals surface area contributed by atoms with Crippen LogP contribution in [0.3, 0.4) is 0 Å². The van der Waals surface area contributed by atoms with Gasteiger partial charge in [-0.1, -0.05) is 36.4 Å². The van der Waals surface area contributed by atoms with Crippen LogP contribution in [0.4, 0.5) is 0 Å². The zero-order valence-corrected chi connectivity index (χ0v) is 15.4. The largest absolute Gasteiger partial charge is 0.493 e. The Morgan fingerprint density at radius 3 is 2.50 bits per heavy atom. The lowest BCUT2D eigenvalue weighted by Gasteiger charge is -2.39. The van der Waals surface area contributed by atoms with E-state index in [1.807, 2.05) is 12.1 Å². The second-order valence-electron chi connectivity index (χ2n) is 7.11. The van der Waals surface area contributed by atoms with Crippen molar-refractivity contribution >= 4 is 0 Å². The van der Waals surface area contributed by atoms with Crippen LogP contribution in [-0.2, 0) is 10.3 Å². The molecule has 2 aliphatic rings. The first kappa shape index (κ1) is 17.4. The molecule has 0 aromatic heterocycles. The summed E-state index contributed by atoms with van der Waals surface area (Å²) in [5.74, 6) is 1.61. The highest BCUT2D eigenvalue weighted by atomic mass is 16.5. The van der Waals surface area contributed by atoms with Crippen molar-refractivity contribution in [1.82, 2.24) is 5.32 Å². The summed E-state index contributed by atoms with van der Waals surface area (Å²) in [6.07, 6.45) is 5.02. The number of nitrogens with one attached hydrogen (secondary N) is 1. The van der Waals surface area contributed by atoms with Gasteiger partial charge in [-0.25, -0.2) is 0 Å². The van der Waals surface area contributed by atoms with Gasteiger partial charge in [0.1, 0.15) is 5.60 Å². The van der Waals surface area contributed by atoms with Crippen LogP contribution >= 0.6 is 0 Å². The Bertz CT molecular complexity index is 719. The number of methoxy groups -OCH3 is 1. The summed E-state index contributed by atoms with van der Waals surface area (Å²) in [5.41, 5.74) is 1.76. The summed E-state index contributed by atoms with van der Waals surface area (Å²) in [6, 6.07) is 16.6. The monoisotopic (exact) mass is 353 g/mol. The quantitative estimate of drug-likeness (QED) is 0.885. The standard InChI is InChI=1S/C22H27NO3/c1-24-20-12-11-18(15-21(20)26-19-9-5-6-10-19)22(16-23-13-14-25-22)17-7-3-2-4-8-17/h2-4,7-8,11-12,15,19,23H,5-6,9-10,13-14,16H2,1H3. The Kier molecular flexibility index (Phi) is 5.14. The summed E-state index contributed by atoms with van der Waals surface area (Å²) in [6.45, 7) is 2.29. The van der Waals surface area contributed by atoms with E-state index in [0.29, 0.717) is 6.61 Å². The Morgan fingerprint density at radius 2 is 1.81 bits per heavy atom. The summed E-state index contributed by atoms with van der Waals surface area (Å²) >= 11 is 0. The van der Waals surface area contributed by atoms with Crippen LogP contribution in [0.25, 0.3) is 0 Å². The van der Waals surface area contributed by atoms with Crippen molar-refractivity contribution in [3.8, 4) is 11.5 Å². The summed E-state index contributed by atoms with van der Waals surface area (Å²) in [7, 11) is 1.70. The Labute approximate surface area is 155 Å². The van der Waals surface area contributed by atoms with Gasteiger partial charge in [0.25, 0.3) is 0 Å². The van der Waals surface area contributed by atoms with Crippen molar-refractivity contribution in [2.45, 2.75) is 37.4 Å². The molecule has 4 heteroatoms. The smallest absolute Gasteiger partial charge is 0.161 e. The van der Waals surface area contributed by atoms with Crippen molar-refractivity contribution in [2.24, 2.45) is 0 Å². The number of morpholine rings is 1. The fourth-order valence-corrected chi connectivity index (χ4v) is 4.06. The lowest BCUT2D eigenvalue weighted by atomic mass is 9.85. The van der Waals surface area contributed by atoms with Gasteiger partial charge in [0.05, 0.1) is 19.8 Å². The van der Waals surface area contributed by atoms with E-state index in [9.17, 15) is 0 Å². The van der Waals surface area contributed by atoms with Crippen molar-refractivity contribution in [1.29, 1.82) is 0 Å². The molecule has 1 heterocycles. The fraction of sp³-hybridized carbons (Fsp3) is 0.455. The lowest BCUT2D eigenvalue weighted by molar-refractivity contribution is -0.0405. The van der Waals surface area contributed by atoms with E-state index < -0.39 is 5.60 Å². The van der Waals surface area contributed by atoms with Crippen LogP contribution < -0.4 is 14.8 Å². The maximum Gasteiger partial charge on any atom is 0.161 e. The molecule has 1 saturated carbocycles. The van der Waals surface area contributed by atoms with Crippen molar-refractivity contribution in [3.63, 3.8) is 0 Å². The highest BCUT2D eigenvalue weighted by Gasteiger charge is 2.38. The third-order valence-electron chi connectivity index (χ3n) is 5.47. The average molecular weight is 353 g/mol. The number of hydrogen-bond acceptors (Lipinski definition) is 4. The van der Waals surface area contributed by atoms with Crippen LogP contribution in [0.2, 0.25) is 0 Å². The highest BCUT2D eigenvalue weighted by molar-refractivity contribution is 5.48. The molecule has 26 heavy (non-hydrogen) atoms. The first-order valence-electron chi connectivity index (χ1n) is 9.57. The van der Waals surface area contributed by atoms with Gasteiger partial charge in [0.15, 0.2) is 11.5 Å². The topological polar surface area (TPSA) is 39.7 Å². The second kappa shape index (κ2) is 7.68. The van der Waals surface area contributed by atoms with Gasteiger partial charge >= 0.3 is 0 Å². The highest BCUT2D eigenvalue weighted by Crippen LogP contribution is 2.40. The molecule has 1 saturated heterocycles. The molecule has 0 radical (unpaired) electrons. The summed E-state index contributed by atoms with van der Waals surface area (Å²) in [4.78, 5) is 0. The molecule has 2 aromatic rings. The van der Waals surface area contributed by atoms with Gasteiger partial charge < -0.3 is 19.5 Å². The minimum Gasteiger partial charge on any atom is -0.493 e. The van der Waals surface area contributed by atoms with E-state index >= 15 is 0 Å². The molecular formula is C22H27NO3.